The predicted octanol–water partition coefficient (Wildman–Crippen LogP) is 3.48. The first-order valence-corrected chi connectivity index (χ1v) is 8.37. The van der Waals surface area contributed by atoms with Gasteiger partial charge >= 0.3 is 0 Å². The van der Waals surface area contributed by atoms with Gasteiger partial charge in [-0.1, -0.05) is 37.3 Å². The van der Waals surface area contributed by atoms with E-state index < -0.39 is 9.84 Å². The normalized spacial score (nSPS) is 11.2. The summed E-state index contributed by atoms with van der Waals surface area (Å²) in [5.41, 5.74) is 2.11. The number of rotatable bonds is 6. The molecule has 0 heterocycles. The highest BCUT2D eigenvalue weighted by molar-refractivity contribution is 7.91. The third-order valence-electron chi connectivity index (χ3n) is 3.03. The molecule has 20 heavy (non-hydrogen) atoms. The molecule has 0 amide bonds. The van der Waals surface area contributed by atoms with Crippen LogP contribution in [-0.4, -0.2) is 14.2 Å². The molecule has 0 unspecified atom stereocenters. The molecule has 4 heteroatoms. The number of sulfone groups is 1. The molecule has 0 radical (unpaired) electrons. The van der Waals surface area contributed by atoms with Crippen molar-refractivity contribution in [3.63, 3.8) is 0 Å². The molecule has 2 aromatic rings. The fraction of sp³-hybridized carbons (Fsp3) is 0.250. The van der Waals surface area contributed by atoms with Crippen LogP contribution in [-0.2, 0) is 16.4 Å². The molecule has 0 bridgehead atoms. The van der Waals surface area contributed by atoms with Crippen molar-refractivity contribution >= 4 is 15.5 Å². The third kappa shape index (κ3) is 3.84. The van der Waals surface area contributed by atoms with E-state index in [2.05, 4.69) is 5.32 Å². The Hall–Kier alpha value is -1.81. The van der Waals surface area contributed by atoms with Crippen LogP contribution in [0.15, 0.2) is 59.5 Å². The van der Waals surface area contributed by atoms with Gasteiger partial charge in [0.2, 0.25) is 0 Å². The molecule has 0 saturated carbocycles. The molecule has 0 aromatic heterocycles. The van der Waals surface area contributed by atoms with Gasteiger partial charge in [-0.3, -0.25) is 0 Å². The standard InChI is InChI=1S/C16H19NO2S/c1-2-12-20(18,19)16-10-8-15(9-11-16)17-13-14-6-4-3-5-7-14/h3-11,17H,2,12-13H2,1H3. The Balaban J connectivity index is 2.02. The average molecular weight is 289 g/mol. The Morgan fingerprint density at radius 2 is 1.60 bits per heavy atom. The molecular formula is C16H19NO2S. The summed E-state index contributed by atoms with van der Waals surface area (Å²) in [4.78, 5) is 0.393. The van der Waals surface area contributed by atoms with Crippen LogP contribution in [0.5, 0.6) is 0 Å². The first-order valence-electron chi connectivity index (χ1n) is 6.72. The van der Waals surface area contributed by atoms with Gasteiger partial charge in [0.15, 0.2) is 9.84 Å². The van der Waals surface area contributed by atoms with Gasteiger partial charge in [0.1, 0.15) is 0 Å². The summed E-state index contributed by atoms with van der Waals surface area (Å²) in [6.45, 7) is 2.59. The minimum Gasteiger partial charge on any atom is -0.381 e. The van der Waals surface area contributed by atoms with Gasteiger partial charge < -0.3 is 5.32 Å². The fourth-order valence-corrected chi connectivity index (χ4v) is 3.29. The lowest BCUT2D eigenvalue weighted by Gasteiger charge is -2.08. The number of hydrogen-bond donors (Lipinski definition) is 1. The second kappa shape index (κ2) is 6.57. The summed E-state index contributed by atoms with van der Waals surface area (Å²) in [5, 5.41) is 3.28. The zero-order chi connectivity index (χ0) is 14.4. The number of nitrogens with one attached hydrogen (secondary N) is 1. The molecule has 2 aromatic carbocycles. The van der Waals surface area contributed by atoms with Gasteiger partial charge in [-0.05, 0) is 36.2 Å². The van der Waals surface area contributed by atoms with E-state index in [4.69, 9.17) is 0 Å². The molecule has 0 aliphatic rings. The van der Waals surface area contributed by atoms with Crippen LogP contribution in [0.4, 0.5) is 5.69 Å². The van der Waals surface area contributed by atoms with E-state index in [1.807, 2.05) is 49.4 Å². The molecule has 3 nitrogen and oxygen atoms in total. The summed E-state index contributed by atoms with van der Waals surface area (Å²) in [7, 11) is -3.12. The lowest BCUT2D eigenvalue weighted by molar-refractivity contribution is 0.595. The first kappa shape index (κ1) is 14.6. The van der Waals surface area contributed by atoms with Crippen molar-refractivity contribution in [3.05, 3.63) is 60.2 Å². The highest BCUT2D eigenvalue weighted by Crippen LogP contribution is 2.16. The van der Waals surface area contributed by atoms with Crippen molar-refractivity contribution in [1.82, 2.24) is 0 Å². The smallest absolute Gasteiger partial charge is 0.178 e. The van der Waals surface area contributed by atoms with Crippen LogP contribution in [0.25, 0.3) is 0 Å². The Labute approximate surface area is 120 Å². The molecule has 1 N–H and O–H groups in total. The molecule has 0 fully saturated rings. The SMILES string of the molecule is CCCS(=O)(=O)c1ccc(NCc2ccccc2)cc1. The van der Waals surface area contributed by atoms with E-state index >= 15 is 0 Å². The Kier molecular flexibility index (Phi) is 4.79. The Morgan fingerprint density at radius 3 is 2.20 bits per heavy atom. The van der Waals surface area contributed by atoms with Gasteiger partial charge in [-0.25, -0.2) is 8.42 Å². The largest absolute Gasteiger partial charge is 0.381 e. The monoisotopic (exact) mass is 289 g/mol. The zero-order valence-electron chi connectivity index (χ0n) is 11.5. The topological polar surface area (TPSA) is 46.2 Å². The van der Waals surface area contributed by atoms with Crippen LogP contribution >= 0.6 is 0 Å². The summed E-state index contributed by atoms with van der Waals surface area (Å²) in [5.74, 6) is 0.198. The van der Waals surface area contributed by atoms with Crippen LogP contribution in [0.2, 0.25) is 0 Å². The average Bonchev–Trinajstić information content (AvgIpc) is 2.47. The molecule has 2 rings (SSSR count). The third-order valence-corrected chi connectivity index (χ3v) is 4.96. The van der Waals surface area contributed by atoms with Gasteiger partial charge in [-0.2, -0.15) is 0 Å². The fourth-order valence-electron chi connectivity index (χ4n) is 1.97. The van der Waals surface area contributed by atoms with Crippen molar-refractivity contribution in [2.24, 2.45) is 0 Å². The predicted molar refractivity (Wildman–Crippen MR) is 82.6 cm³/mol. The maximum Gasteiger partial charge on any atom is 0.178 e. The molecule has 0 atom stereocenters. The molecular weight excluding hydrogens is 270 g/mol. The van der Waals surface area contributed by atoms with Gasteiger partial charge in [0.25, 0.3) is 0 Å². The number of anilines is 1. The highest BCUT2D eigenvalue weighted by Gasteiger charge is 2.12. The summed E-state index contributed by atoms with van der Waals surface area (Å²) >= 11 is 0. The van der Waals surface area contributed by atoms with Gasteiger partial charge in [0.05, 0.1) is 10.6 Å². The summed E-state index contributed by atoms with van der Waals surface area (Å²) in [6, 6.07) is 17.0. The maximum atomic E-state index is 11.9. The van der Waals surface area contributed by atoms with Crippen LogP contribution in [0.3, 0.4) is 0 Å². The summed E-state index contributed by atoms with van der Waals surface area (Å²) in [6.07, 6.45) is 0.635. The summed E-state index contributed by atoms with van der Waals surface area (Å²) < 4.78 is 23.8. The van der Waals surface area contributed by atoms with Crippen molar-refractivity contribution in [2.75, 3.05) is 11.1 Å². The quantitative estimate of drug-likeness (QED) is 0.885. The van der Waals surface area contributed by atoms with E-state index in [0.717, 1.165) is 12.2 Å². The van der Waals surface area contributed by atoms with Crippen LogP contribution in [0.1, 0.15) is 18.9 Å². The zero-order valence-corrected chi connectivity index (χ0v) is 12.4. The lowest BCUT2D eigenvalue weighted by Crippen LogP contribution is -2.06. The van der Waals surface area contributed by atoms with E-state index in [1.165, 1.54) is 5.56 Å². The second-order valence-corrected chi connectivity index (χ2v) is 6.79. The molecule has 0 aliphatic heterocycles. The van der Waals surface area contributed by atoms with E-state index in [0.29, 0.717) is 11.3 Å². The minimum atomic E-state index is -3.12. The van der Waals surface area contributed by atoms with Crippen LogP contribution in [0, 0.1) is 0 Å². The first-order chi connectivity index (χ1) is 9.62. The minimum absolute atomic E-state index is 0.198. The van der Waals surface area contributed by atoms with Crippen molar-refractivity contribution in [1.29, 1.82) is 0 Å². The molecule has 0 saturated heterocycles. The maximum absolute atomic E-state index is 11.9. The number of benzene rings is 2. The second-order valence-electron chi connectivity index (χ2n) is 4.68. The van der Waals surface area contributed by atoms with E-state index in [-0.39, 0.29) is 5.75 Å². The molecule has 106 valence electrons. The van der Waals surface area contributed by atoms with E-state index in [1.54, 1.807) is 12.1 Å². The van der Waals surface area contributed by atoms with Crippen molar-refractivity contribution in [3.8, 4) is 0 Å². The van der Waals surface area contributed by atoms with E-state index in [9.17, 15) is 8.42 Å². The highest BCUT2D eigenvalue weighted by atomic mass is 32.2. The Bertz CT molecular complexity index is 634. The van der Waals surface area contributed by atoms with Gasteiger partial charge in [-0.15, -0.1) is 0 Å². The molecule has 0 aliphatic carbocycles. The number of hydrogen-bond acceptors (Lipinski definition) is 3. The van der Waals surface area contributed by atoms with Crippen molar-refractivity contribution in [2.45, 2.75) is 24.8 Å². The lowest BCUT2D eigenvalue weighted by atomic mass is 10.2. The van der Waals surface area contributed by atoms with Crippen molar-refractivity contribution < 1.29 is 8.42 Å². The van der Waals surface area contributed by atoms with Crippen LogP contribution < -0.4 is 5.32 Å². The Morgan fingerprint density at radius 1 is 0.950 bits per heavy atom. The molecule has 0 spiro atoms. The van der Waals surface area contributed by atoms with Gasteiger partial charge in [0, 0.05) is 12.2 Å².